The molecule has 2 aliphatic heterocycles. The van der Waals surface area contributed by atoms with Gasteiger partial charge in [0.1, 0.15) is 0 Å². The summed E-state index contributed by atoms with van der Waals surface area (Å²) in [6, 6.07) is 0. The second-order valence-electron chi connectivity index (χ2n) is 5.89. The molecule has 2 aliphatic rings. The molecular weight excluding hydrogens is 240 g/mol. The number of hydrogen-bond donors (Lipinski definition) is 1. The van der Waals surface area contributed by atoms with Crippen molar-refractivity contribution in [3.8, 4) is 0 Å². The van der Waals surface area contributed by atoms with Gasteiger partial charge in [-0.1, -0.05) is 0 Å². The molecule has 2 heterocycles. The monoisotopic (exact) mass is 268 g/mol. The molecule has 0 radical (unpaired) electrons. The van der Waals surface area contributed by atoms with Crippen LogP contribution in [0.2, 0.25) is 0 Å². The van der Waals surface area contributed by atoms with Crippen molar-refractivity contribution in [3.63, 3.8) is 0 Å². The minimum atomic E-state index is 0.262. The molecule has 0 aromatic rings. The van der Waals surface area contributed by atoms with Crippen LogP contribution in [0.5, 0.6) is 0 Å². The number of nitrogens with zero attached hydrogens (tertiary/aromatic N) is 3. The highest BCUT2D eigenvalue weighted by Gasteiger charge is 2.29. The fourth-order valence-electron chi connectivity index (χ4n) is 3.00. The van der Waals surface area contributed by atoms with Crippen LogP contribution in [0.25, 0.3) is 0 Å². The van der Waals surface area contributed by atoms with Crippen molar-refractivity contribution in [1.29, 1.82) is 0 Å². The van der Waals surface area contributed by atoms with E-state index in [4.69, 9.17) is 5.73 Å². The Bertz CT molecular complexity index is 281. The van der Waals surface area contributed by atoms with Crippen LogP contribution in [0, 0.1) is 5.92 Å². The van der Waals surface area contributed by atoms with Crippen LogP contribution in [-0.4, -0.2) is 80.0 Å². The minimum absolute atomic E-state index is 0.262. The van der Waals surface area contributed by atoms with Crippen LogP contribution in [0.1, 0.15) is 19.3 Å². The summed E-state index contributed by atoms with van der Waals surface area (Å²) in [4.78, 5) is 19.3. The molecule has 0 atom stereocenters. The molecule has 0 aromatic heterocycles. The van der Waals surface area contributed by atoms with E-state index in [0.717, 1.165) is 71.6 Å². The summed E-state index contributed by atoms with van der Waals surface area (Å²) in [6.45, 7) is 7.81. The van der Waals surface area contributed by atoms with Crippen LogP contribution in [0.3, 0.4) is 0 Å². The van der Waals surface area contributed by atoms with E-state index in [1.165, 1.54) is 0 Å². The molecule has 0 aliphatic carbocycles. The zero-order chi connectivity index (χ0) is 13.7. The number of carbonyl (C=O) groups is 1. The van der Waals surface area contributed by atoms with Crippen molar-refractivity contribution in [3.05, 3.63) is 0 Å². The van der Waals surface area contributed by atoms with Gasteiger partial charge < -0.3 is 20.4 Å². The molecule has 0 spiro atoms. The number of piperidine rings is 1. The molecule has 110 valence electrons. The third kappa shape index (κ3) is 4.16. The first kappa shape index (κ1) is 14.8. The molecule has 2 fully saturated rings. The number of piperazine rings is 1. The maximum Gasteiger partial charge on any atom is 0.225 e. The zero-order valence-electron chi connectivity index (χ0n) is 12.2. The number of carbonyl (C=O) groups excluding carboxylic acids is 1. The molecule has 5 nitrogen and oxygen atoms in total. The van der Waals surface area contributed by atoms with Gasteiger partial charge in [-0.15, -0.1) is 0 Å². The second-order valence-corrected chi connectivity index (χ2v) is 5.89. The van der Waals surface area contributed by atoms with E-state index in [0.29, 0.717) is 5.91 Å². The van der Waals surface area contributed by atoms with Crippen molar-refractivity contribution >= 4 is 5.91 Å². The Morgan fingerprint density at radius 1 is 1.11 bits per heavy atom. The average molecular weight is 268 g/mol. The van der Waals surface area contributed by atoms with Gasteiger partial charge in [-0.2, -0.15) is 0 Å². The summed E-state index contributed by atoms with van der Waals surface area (Å²) >= 11 is 0. The predicted octanol–water partition coefficient (Wildman–Crippen LogP) is -0.179. The Hall–Kier alpha value is -0.650. The van der Waals surface area contributed by atoms with Crippen LogP contribution in [0.4, 0.5) is 0 Å². The first-order valence-corrected chi connectivity index (χ1v) is 7.60. The molecule has 2 saturated heterocycles. The van der Waals surface area contributed by atoms with Gasteiger partial charge in [0.15, 0.2) is 0 Å². The Kier molecular flexibility index (Phi) is 5.60. The number of likely N-dealkylation sites (tertiary alicyclic amines) is 1. The van der Waals surface area contributed by atoms with Crippen LogP contribution in [-0.2, 0) is 4.79 Å². The normalized spacial score (nSPS) is 23.8. The van der Waals surface area contributed by atoms with E-state index < -0.39 is 0 Å². The number of amides is 1. The van der Waals surface area contributed by atoms with Crippen LogP contribution >= 0.6 is 0 Å². The van der Waals surface area contributed by atoms with Gasteiger partial charge in [0.2, 0.25) is 5.91 Å². The molecule has 5 heteroatoms. The highest BCUT2D eigenvalue weighted by Crippen LogP contribution is 2.20. The fourth-order valence-corrected chi connectivity index (χ4v) is 3.00. The standard InChI is InChI=1S/C14H28N4O/c1-16-9-11-18(12-10-16)14(19)13-3-7-17(8-4-13)6-2-5-15/h13H,2-12,15H2,1H3. The number of nitrogens with two attached hydrogens (primary N) is 1. The third-order valence-electron chi connectivity index (χ3n) is 4.43. The number of likely N-dealkylation sites (N-methyl/N-ethyl adjacent to an activating group) is 1. The van der Waals surface area contributed by atoms with Gasteiger partial charge in [0.25, 0.3) is 0 Å². The van der Waals surface area contributed by atoms with Gasteiger partial charge in [0, 0.05) is 32.1 Å². The van der Waals surface area contributed by atoms with Gasteiger partial charge in [0.05, 0.1) is 0 Å². The third-order valence-corrected chi connectivity index (χ3v) is 4.43. The van der Waals surface area contributed by atoms with Crippen molar-refractivity contribution in [1.82, 2.24) is 14.7 Å². The first-order chi connectivity index (χ1) is 9.20. The van der Waals surface area contributed by atoms with Crippen molar-refractivity contribution in [2.45, 2.75) is 19.3 Å². The van der Waals surface area contributed by atoms with E-state index in [9.17, 15) is 4.79 Å². The van der Waals surface area contributed by atoms with Gasteiger partial charge in [-0.3, -0.25) is 4.79 Å². The molecule has 0 saturated carbocycles. The van der Waals surface area contributed by atoms with Gasteiger partial charge >= 0.3 is 0 Å². The smallest absolute Gasteiger partial charge is 0.225 e. The highest BCUT2D eigenvalue weighted by atomic mass is 16.2. The van der Waals surface area contributed by atoms with E-state index in [-0.39, 0.29) is 5.92 Å². The Labute approximate surface area is 116 Å². The van der Waals surface area contributed by atoms with E-state index >= 15 is 0 Å². The van der Waals surface area contributed by atoms with Gasteiger partial charge in [-0.25, -0.2) is 0 Å². The summed E-state index contributed by atoms with van der Waals surface area (Å²) < 4.78 is 0. The molecule has 0 bridgehead atoms. The number of rotatable bonds is 4. The Balaban J connectivity index is 1.73. The maximum absolute atomic E-state index is 12.4. The maximum atomic E-state index is 12.4. The Morgan fingerprint density at radius 2 is 1.74 bits per heavy atom. The molecule has 19 heavy (non-hydrogen) atoms. The largest absolute Gasteiger partial charge is 0.340 e. The number of hydrogen-bond acceptors (Lipinski definition) is 4. The lowest BCUT2D eigenvalue weighted by Crippen LogP contribution is -2.50. The molecule has 2 rings (SSSR count). The van der Waals surface area contributed by atoms with Crippen LogP contribution in [0.15, 0.2) is 0 Å². The van der Waals surface area contributed by atoms with Crippen molar-refractivity contribution in [2.75, 3.05) is 59.4 Å². The minimum Gasteiger partial charge on any atom is -0.340 e. The SMILES string of the molecule is CN1CCN(C(=O)C2CCN(CCCN)CC2)CC1. The molecule has 0 unspecified atom stereocenters. The summed E-state index contributed by atoms with van der Waals surface area (Å²) in [6.07, 6.45) is 3.11. The Morgan fingerprint density at radius 3 is 2.32 bits per heavy atom. The van der Waals surface area contributed by atoms with Crippen molar-refractivity contribution in [2.24, 2.45) is 11.7 Å². The molecule has 1 amide bonds. The predicted molar refractivity (Wildman–Crippen MR) is 76.9 cm³/mol. The van der Waals surface area contributed by atoms with Gasteiger partial charge in [-0.05, 0) is 52.5 Å². The van der Waals surface area contributed by atoms with E-state index in [2.05, 4.69) is 21.7 Å². The van der Waals surface area contributed by atoms with Crippen molar-refractivity contribution < 1.29 is 4.79 Å². The summed E-state index contributed by atoms with van der Waals surface area (Å²) in [5.41, 5.74) is 5.54. The summed E-state index contributed by atoms with van der Waals surface area (Å²) in [5.74, 6) is 0.657. The summed E-state index contributed by atoms with van der Waals surface area (Å²) in [7, 11) is 2.12. The van der Waals surface area contributed by atoms with Crippen LogP contribution < -0.4 is 5.73 Å². The van der Waals surface area contributed by atoms with E-state index in [1.54, 1.807) is 0 Å². The zero-order valence-corrected chi connectivity index (χ0v) is 12.2. The quantitative estimate of drug-likeness (QED) is 0.768. The lowest BCUT2D eigenvalue weighted by Gasteiger charge is -2.37. The molecule has 2 N–H and O–H groups in total. The summed E-state index contributed by atoms with van der Waals surface area (Å²) in [5, 5.41) is 0. The second kappa shape index (κ2) is 7.22. The molecular formula is C14H28N4O. The molecule has 0 aromatic carbocycles. The van der Waals surface area contributed by atoms with E-state index in [1.807, 2.05) is 0 Å². The fraction of sp³-hybridized carbons (Fsp3) is 0.929. The lowest BCUT2D eigenvalue weighted by molar-refractivity contribution is -0.138. The first-order valence-electron chi connectivity index (χ1n) is 7.60. The average Bonchev–Trinajstić information content (AvgIpc) is 2.46. The topological polar surface area (TPSA) is 52.8 Å². The lowest BCUT2D eigenvalue weighted by atomic mass is 9.95. The highest BCUT2D eigenvalue weighted by molar-refractivity contribution is 5.79.